The molecule has 1 heterocycles. The zero-order chi connectivity index (χ0) is 22.9. The molecule has 1 aliphatic heterocycles. The normalized spacial score (nSPS) is 14.7. The minimum absolute atomic E-state index is 0.0586. The maximum absolute atomic E-state index is 13.2. The maximum Gasteiger partial charge on any atom is 0.255 e. The fourth-order valence-electron chi connectivity index (χ4n) is 4.01. The van der Waals surface area contributed by atoms with Crippen molar-refractivity contribution in [1.29, 1.82) is 0 Å². The predicted molar refractivity (Wildman–Crippen MR) is 125 cm³/mol. The van der Waals surface area contributed by atoms with Gasteiger partial charge in [0.15, 0.2) is 9.84 Å². The van der Waals surface area contributed by atoms with Crippen LogP contribution in [0.15, 0.2) is 71.6 Å². The fraction of sp³-hybridized carbons (Fsp3) is 0.280. The van der Waals surface area contributed by atoms with Crippen LogP contribution < -0.4 is 0 Å². The van der Waals surface area contributed by atoms with Crippen LogP contribution in [0.5, 0.6) is 0 Å². The Labute approximate surface area is 188 Å². The number of amides is 2. The van der Waals surface area contributed by atoms with E-state index in [1.165, 1.54) is 6.07 Å². The summed E-state index contributed by atoms with van der Waals surface area (Å²) >= 11 is 0. The van der Waals surface area contributed by atoms with Crippen LogP contribution >= 0.6 is 0 Å². The number of carbonyl (C=O) groups is 2. The monoisotopic (exact) mass is 450 g/mol. The topological polar surface area (TPSA) is 74.8 Å². The van der Waals surface area contributed by atoms with E-state index in [4.69, 9.17) is 0 Å². The summed E-state index contributed by atoms with van der Waals surface area (Å²) in [5.41, 5.74) is 0.839. The van der Waals surface area contributed by atoms with Crippen molar-refractivity contribution in [2.75, 3.05) is 26.2 Å². The molecule has 0 radical (unpaired) electrons. The molecular weight excluding hydrogens is 424 g/mol. The minimum atomic E-state index is -3.58. The zero-order valence-corrected chi connectivity index (χ0v) is 19.0. The second-order valence-corrected chi connectivity index (χ2v) is 10.7. The van der Waals surface area contributed by atoms with E-state index >= 15 is 0 Å². The van der Waals surface area contributed by atoms with Crippen molar-refractivity contribution >= 4 is 32.4 Å². The molecule has 0 unspecified atom stereocenters. The van der Waals surface area contributed by atoms with Gasteiger partial charge in [0, 0.05) is 31.7 Å². The SMILES string of the molecule is CC(C)S(=O)(=O)c1ccccc1C(=O)N1CCN(C(=O)c2cccc3ccccc23)CC1. The predicted octanol–water partition coefficient (Wildman–Crippen LogP) is 3.62. The van der Waals surface area contributed by atoms with E-state index in [0.717, 1.165) is 10.8 Å². The van der Waals surface area contributed by atoms with Crippen molar-refractivity contribution in [2.45, 2.75) is 24.0 Å². The third-order valence-electron chi connectivity index (χ3n) is 5.92. The molecule has 0 bridgehead atoms. The molecule has 7 heteroatoms. The van der Waals surface area contributed by atoms with Crippen LogP contribution in [0, 0.1) is 0 Å². The van der Waals surface area contributed by atoms with E-state index in [1.54, 1.807) is 41.8 Å². The Morgan fingerprint density at radius 1 is 0.719 bits per heavy atom. The van der Waals surface area contributed by atoms with Gasteiger partial charge < -0.3 is 9.80 Å². The summed E-state index contributed by atoms with van der Waals surface area (Å²) < 4.78 is 25.4. The molecule has 2 amide bonds. The van der Waals surface area contributed by atoms with Gasteiger partial charge in [0.1, 0.15) is 0 Å². The average Bonchev–Trinajstić information content (AvgIpc) is 2.82. The molecule has 0 N–H and O–H groups in total. The molecule has 0 saturated carbocycles. The molecule has 0 spiro atoms. The van der Waals surface area contributed by atoms with Gasteiger partial charge in [-0.3, -0.25) is 9.59 Å². The Hall–Kier alpha value is -3.19. The molecule has 3 aromatic carbocycles. The van der Waals surface area contributed by atoms with Crippen molar-refractivity contribution in [3.63, 3.8) is 0 Å². The van der Waals surface area contributed by atoms with Gasteiger partial charge >= 0.3 is 0 Å². The van der Waals surface area contributed by atoms with Crippen molar-refractivity contribution < 1.29 is 18.0 Å². The molecule has 1 aliphatic rings. The fourth-order valence-corrected chi connectivity index (χ4v) is 5.25. The molecule has 4 rings (SSSR count). The number of nitrogens with zero attached hydrogens (tertiary/aromatic N) is 2. The van der Waals surface area contributed by atoms with E-state index in [1.807, 2.05) is 42.5 Å². The summed E-state index contributed by atoms with van der Waals surface area (Å²) in [6, 6.07) is 19.8. The number of hydrogen-bond acceptors (Lipinski definition) is 4. The molecular formula is C25H26N2O4S. The van der Waals surface area contributed by atoms with E-state index < -0.39 is 15.1 Å². The lowest BCUT2D eigenvalue weighted by atomic mass is 10.0. The maximum atomic E-state index is 13.2. The lowest BCUT2D eigenvalue weighted by Gasteiger charge is -2.35. The van der Waals surface area contributed by atoms with Crippen LogP contribution in [0.4, 0.5) is 0 Å². The molecule has 6 nitrogen and oxygen atoms in total. The molecule has 0 aliphatic carbocycles. The summed E-state index contributed by atoms with van der Waals surface area (Å²) in [5.74, 6) is -0.376. The Kier molecular flexibility index (Phi) is 6.02. The Balaban J connectivity index is 1.51. The Morgan fingerprint density at radius 3 is 1.88 bits per heavy atom. The van der Waals surface area contributed by atoms with E-state index in [9.17, 15) is 18.0 Å². The van der Waals surface area contributed by atoms with Gasteiger partial charge in [-0.25, -0.2) is 8.42 Å². The summed E-state index contributed by atoms with van der Waals surface area (Å²) in [4.78, 5) is 29.8. The molecule has 1 fully saturated rings. The van der Waals surface area contributed by atoms with Gasteiger partial charge in [-0.05, 0) is 42.8 Å². The molecule has 1 saturated heterocycles. The van der Waals surface area contributed by atoms with Crippen molar-refractivity contribution in [2.24, 2.45) is 0 Å². The summed E-state index contributed by atoms with van der Waals surface area (Å²) in [7, 11) is -3.58. The Bertz CT molecular complexity index is 1270. The minimum Gasteiger partial charge on any atom is -0.335 e. The van der Waals surface area contributed by atoms with E-state index in [0.29, 0.717) is 31.7 Å². The second-order valence-electron chi connectivity index (χ2n) is 8.20. The molecule has 166 valence electrons. The summed E-state index contributed by atoms with van der Waals surface area (Å²) in [6.45, 7) is 4.71. The zero-order valence-electron chi connectivity index (χ0n) is 18.2. The number of piperazine rings is 1. The quantitative estimate of drug-likeness (QED) is 0.609. The van der Waals surface area contributed by atoms with Crippen molar-refractivity contribution in [1.82, 2.24) is 9.80 Å². The third-order valence-corrected chi connectivity index (χ3v) is 8.13. The van der Waals surface area contributed by atoms with Crippen LogP contribution in [0.3, 0.4) is 0 Å². The van der Waals surface area contributed by atoms with Gasteiger partial charge in [0.05, 0.1) is 15.7 Å². The van der Waals surface area contributed by atoms with Crippen LogP contribution in [0.25, 0.3) is 10.8 Å². The Morgan fingerprint density at radius 2 is 1.22 bits per heavy atom. The molecule has 0 atom stereocenters. The van der Waals surface area contributed by atoms with Gasteiger partial charge in [0.25, 0.3) is 11.8 Å². The van der Waals surface area contributed by atoms with Crippen LogP contribution in [-0.4, -0.2) is 61.5 Å². The standard InChI is InChI=1S/C25H26N2O4S/c1-18(2)32(30,31)23-13-6-5-11-22(23)25(29)27-16-14-26(15-17-27)24(28)21-12-7-9-19-8-3-4-10-20(19)21/h3-13,18H,14-17H2,1-2H3. The first-order valence-electron chi connectivity index (χ1n) is 10.7. The molecule has 32 heavy (non-hydrogen) atoms. The number of carbonyl (C=O) groups excluding carboxylic acids is 2. The highest BCUT2D eigenvalue weighted by Crippen LogP contribution is 2.24. The van der Waals surface area contributed by atoms with Crippen LogP contribution in [0.1, 0.15) is 34.6 Å². The largest absolute Gasteiger partial charge is 0.335 e. The van der Waals surface area contributed by atoms with Crippen LogP contribution in [0.2, 0.25) is 0 Å². The van der Waals surface area contributed by atoms with Gasteiger partial charge in [-0.2, -0.15) is 0 Å². The first kappa shape index (κ1) is 22.0. The van der Waals surface area contributed by atoms with Gasteiger partial charge in [-0.15, -0.1) is 0 Å². The van der Waals surface area contributed by atoms with Gasteiger partial charge in [-0.1, -0.05) is 48.5 Å². The van der Waals surface area contributed by atoms with Gasteiger partial charge in [0.2, 0.25) is 0 Å². The van der Waals surface area contributed by atoms with Crippen LogP contribution in [-0.2, 0) is 9.84 Å². The average molecular weight is 451 g/mol. The summed E-state index contributed by atoms with van der Waals surface area (Å²) in [5, 5.41) is 1.30. The molecule has 0 aromatic heterocycles. The van der Waals surface area contributed by atoms with E-state index in [2.05, 4.69) is 0 Å². The highest BCUT2D eigenvalue weighted by molar-refractivity contribution is 7.92. The smallest absolute Gasteiger partial charge is 0.255 e. The number of benzene rings is 3. The lowest BCUT2D eigenvalue weighted by molar-refractivity contribution is 0.0534. The lowest BCUT2D eigenvalue weighted by Crippen LogP contribution is -2.50. The first-order chi connectivity index (χ1) is 15.3. The van der Waals surface area contributed by atoms with E-state index in [-0.39, 0.29) is 22.3 Å². The second kappa shape index (κ2) is 8.74. The number of fused-ring (bicyclic) bond motifs is 1. The van der Waals surface area contributed by atoms with Crippen molar-refractivity contribution in [3.8, 4) is 0 Å². The number of sulfone groups is 1. The highest BCUT2D eigenvalue weighted by atomic mass is 32.2. The number of rotatable bonds is 4. The van der Waals surface area contributed by atoms with Crippen molar-refractivity contribution in [3.05, 3.63) is 77.9 Å². The third kappa shape index (κ3) is 4.00. The molecule has 3 aromatic rings. The number of hydrogen-bond donors (Lipinski definition) is 0. The first-order valence-corrected chi connectivity index (χ1v) is 12.2. The highest BCUT2D eigenvalue weighted by Gasteiger charge is 2.30. The summed E-state index contributed by atoms with van der Waals surface area (Å²) in [6.07, 6.45) is 0.